The average Bonchev–Trinajstić information content (AvgIpc) is 2.57. The van der Waals surface area contributed by atoms with Crippen molar-refractivity contribution in [3.05, 3.63) is 23.3 Å². The summed E-state index contributed by atoms with van der Waals surface area (Å²) in [5.41, 5.74) is 2.90. The summed E-state index contributed by atoms with van der Waals surface area (Å²) in [5.74, 6) is 2.61. The van der Waals surface area contributed by atoms with Crippen molar-refractivity contribution in [2.75, 3.05) is 33.8 Å². The number of benzene rings is 1. The number of methoxy groups -OCH3 is 1. The van der Waals surface area contributed by atoms with E-state index < -0.39 is 0 Å². The first-order valence-corrected chi connectivity index (χ1v) is 10.4. The molecule has 1 saturated heterocycles. The van der Waals surface area contributed by atoms with E-state index in [0.29, 0.717) is 18.2 Å². The van der Waals surface area contributed by atoms with Gasteiger partial charge in [0.05, 0.1) is 13.2 Å². The number of hydrogen-bond donors (Lipinski definition) is 0. The van der Waals surface area contributed by atoms with E-state index in [0.717, 1.165) is 36.9 Å². The summed E-state index contributed by atoms with van der Waals surface area (Å²) in [6, 6.07) is 5.69. The molecule has 0 spiro atoms. The van der Waals surface area contributed by atoms with Gasteiger partial charge in [-0.1, -0.05) is 13.8 Å². The maximum absolute atomic E-state index is 6.21. The molecule has 1 saturated carbocycles. The minimum Gasteiger partial charge on any atom is -0.493 e. The average molecular weight is 359 g/mol. The molecule has 1 aromatic rings. The van der Waals surface area contributed by atoms with Gasteiger partial charge < -0.3 is 14.4 Å². The molecule has 0 radical (unpaired) electrons. The van der Waals surface area contributed by atoms with E-state index in [1.54, 1.807) is 7.11 Å². The van der Waals surface area contributed by atoms with E-state index in [1.165, 1.54) is 43.4 Å². The number of piperazine rings is 1. The summed E-state index contributed by atoms with van der Waals surface area (Å²) in [5, 5.41) is 0. The molecular formula is C22H34N2O2. The molecule has 4 nitrogen and oxygen atoms in total. The number of ether oxygens (including phenoxy) is 2. The lowest BCUT2D eigenvalue weighted by Crippen LogP contribution is -2.55. The smallest absolute Gasteiger partial charge is 0.161 e. The Kier molecular flexibility index (Phi) is 5.15. The van der Waals surface area contributed by atoms with Crippen LogP contribution in [-0.4, -0.2) is 55.7 Å². The van der Waals surface area contributed by atoms with Crippen LogP contribution in [0.3, 0.4) is 0 Å². The van der Waals surface area contributed by atoms with Gasteiger partial charge in [-0.3, -0.25) is 4.90 Å². The molecule has 1 aliphatic carbocycles. The van der Waals surface area contributed by atoms with Crippen molar-refractivity contribution < 1.29 is 9.47 Å². The lowest BCUT2D eigenvalue weighted by molar-refractivity contribution is 0.0293. The standard InChI is InChI=1S/C22H34N2O2/c1-15(2)10-17-13-24-9-8-16-11-22(26-18-6-5-7-18)21(25-4)12-19(16)20(24)14-23(17)3/h11-12,15,17-18,20H,5-10,13-14H2,1-4H3. The van der Waals surface area contributed by atoms with Crippen molar-refractivity contribution in [1.29, 1.82) is 0 Å². The minimum absolute atomic E-state index is 0.389. The number of likely N-dealkylation sites (N-methyl/N-ethyl adjacent to an activating group) is 1. The van der Waals surface area contributed by atoms with Crippen LogP contribution in [0.4, 0.5) is 0 Å². The summed E-state index contributed by atoms with van der Waals surface area (Å²) in [6.07, 6.45) is 6.44. The van der Waals surface area contributed by atoms with Crippen molar-refractivity contribution in [2.24, 2.45) is 5.92 Å². The highest BCUT2D eigenvalue weighted by Gasteiger charge is 2.37. The van der Waals surface area contributed by atoms with Crippen LogP contribution >= 0.6 is 0 Å². The van der Waals surface area contributed by atoms with Crippen LogP contribution in [0.25, 0.3) is 0 Å². The summed E-state index contributed by atoms with van der Waals surface area (Å²) >= 11 is 0. The van der Waals surface area contributed by atoms with Crippen molar-refractivity contribution in [2.45, 2.75) is 64.1 Å². The topological polar surface area (TPSA) is 24.9 Å². The zero-order valence-electron chi connectivity index (χ0n) is 16.8. The molecule has 0 amide bonds. The Hall–Kier alpha value is -1.26. The molecule has 2 heterocycles. The summed E-state index contributed by atoms with van der Waals surface area (Å²) in [4.78, 5) is 5.27. The third kappa shape index (κ3) is 3.46. The molecule has 26 heavy (non-hydrogen) atoms. The molecule has 2 aliphatic heterocycles. The lowest BCUT2D eigenvalue weighted by Gasteiger charge is -2.48. The molecule has 2 unspecified atom stereocenters. The Morgan fingerprint density at radius 1 is 1.15 bits per heavy atom. The molecular weight excluding hydrogens is 324 g/mol. The van der Waals surface area contributed by atoms with Gasteiger partial charge in [0.25, 0.3) is 0 Å². The van der Waals surface area contributed by atoms with Crippen LogP contribution in [0.1, 0.15) is 56.7 Å². The van der Waals surface area contributed by atoms with E-state index in [4.69, 9.17) is 9.47 Å². The van der Waals surface area contributed by atoms with E-state index in [1.807, 2.05) is 0 Å². The van der Waals surface area contributed by atoms with Gasteiger partial charge in [0.15, 0.2) is 11.5 Å². The second kappa shape index (κ2) is 7.40. The highest BCUT2D eigenvalue weighted by Crippen LogP contribution is 2.41. The zero-order chi connectivity index (χ0) is 18.3. The maximum Gasteiger partial charge on any atom is 0.161 e. The predicted octanol–water partition coefficient (Wildman–Crippen LogP) is 3.89. The van der Waals surface area contributed by atoms with Gasteiger partial charge in [-0.15, -0.1) is 0 Å². The lowest BCUT2D eigenvalue weighted by atomic mass is 9.87. The molecule has 4 rings (SSSR count). The first kappa shape index (κ1) is 18.1. The normalized spacial score (nSPS) is 27.0. The molecule has 0 bridgehead atoms. The predicted molar refractivity (Wildman–Crippen MR) is 105 cm³/mol. The van der Waals surface area contributed by atoms with E-state index in [2.05, 4.69) is 42.8 Å². The van der Waals surface area contributed by atoms with Crippen molar-refractivity contribution in [3.8, 4) is 11.5 Å². The monoisotopic (exact) mass is 358 g/mol. The van der Waals surface area contributed by atoms with E-state index >= 15 is 0 Å². The summed E-state index contributed by atoms with van der Waals surface area (Å²) in [6.45, 7) is 8.12. The first-order chi connectivity index (χ1) is 12.5. The fraction of sp³-hybridized carbons (Fsp3) is 0.727. The van der Waals surface area contributed by atoms with Gasteiger partial charge in [0, 0.05) is 31.7 Å². The molecule has 4 heteroatoms. The molecule has 0 aromatic heterocycles. The Bertz CT molecular complexity index is 641. The number of hydrogen-bond acceptors (Lipinski definition) is 4. The van der Waals surface area contributed by atoms with Crippen molar-refractivity contribution in [3.63, 3.8) is 0 Å². The molecule has 2 fully saturated rings. The SMILES string of the molecule is COc1cc2c(cc1OC1CCC1)CCN1CC(CC(C)C)N(C)CC21. The second-order valence-electron chi connectivity index (χ2n) is 8.86. The Balaban J connectivity index is 1.57. The number of rotatable bonds is 5. The highest BCUT2D eigenvalue weighted by molar-refractivity contribution is 5.50. The van der Waals surface area contributed by atoms with Crippen LogP contribution < -0.4 is 9.47 Å². The van der Waals surface area contributed by atoms with E-state index in [9.17, 15) is 0 Å². The first-order valence-electron chi connectivity index (χ1n) is 10.4. The second-order valence-corrected chi connectivity index (χ2v) is 8.86. The van der Waals surface area contributed by atoms with Gasteiger partial charge in [-0.05, 0) is 68.3 Å². The molecule has 0 N–H and O–H groups in total. The van der Waals surface area contributed by atoms with Gasteiger partial charge >= 0.3 is 0 Å². The van der Waals surface area contributed by atoms with Crippen LogP contribution in [0.5, 0.6) is 11.5 Å². The molecule has 1 aromatic carbocycles. The quantitative estimate of drug-likeness (QED) is 0.797. The fourth-order valence-electron chi connectivity index (χ4n) is 4.74. The Labute approximate surface area is 158 Å². The molecule has 2 atom stereocenters. The fourth-order valence-corrected chi connectivity index (χ4v) is 4.74. The third-order valence-electron chi connectivity index (χ3n) is 6.51. The van der Waals surface area contributed by atoms with Gasteiger partial charge in [-0.25, -0.2) is 0 Å². The van der Waals surface area contributed by atoms with Crippen LogP contribution in [0.15, 0.2) is 12.1 Å². The van der Waals surface area contributed by atoms with Crippen molar-refractivity contribution >= 4 is 0 Å². The van der Waals surface area contributed by atoms with Crippen LogP contribution in [0.2, 0.25) is 0 Å². The van der Waals surface area contributed by atoms with Gasteiger partial charge in [0.2, 0.25) is 0 Å². The third-order valence-corrected chi connectivity index (χ3v) is 6.51. The number of nitrogens with zero attached hydrogens (tertiary/aromatic N) is 2. The highest BCUT2D eigenvalue weighted by atomic mass is 16.5. The molecule has 3 aliphatic rings. The zero-order valence-corrected chi connectivity index (χ0v) is 16.8. The van der Waals surface area contributed by atoms with Gasteiger partial charge in [-0.2, -0.15) is 0 Å². The summed E-state index contributed by atoms with van der Waals surface area (Å²) in [7, 11) is 4.06. The number of fused-ring (bicyclic) bond motifs is 3. The van der Waals surface area contributed by atoms with Crippen LogP contribution in [0, 0.1) is 5.92 Å². The van der Waals surface area contributed by atoms with Crippen molar-refractivity contribution in [1.82, 2.24) is 9.80 Å². The Morgan fingerprint density at radius 3 is 2.62 bits per heavy atom. The van der Waals surface area contributed by atoms with Gasteiger partial charge in [0.1, 0.15) is 0 Å². The van der Waals surface area contributed by atoms with Crippen LogP contribution in [-0.2, 0) is 6.42 Å². The van der Waals surface area contributed by atoms with E-state index in [-0.39, 0.29) is 0 Å². The largest absolute Gasteiger partial charge is 0.493 e. The summed E-state index contributed by atoms with van der Waals surface area (Å²) < 4.78 is 11.9. The minimum atomic E-state index is 0.389. The molecule has 144 valence electrons. The maximum atomic E-state index is 6.21. The Morgan fingerprint density at radius 2 is 1.96 bits per heavy atom.